The van der Waals surface area contributed by atoms with Crippen LogP contribution in [0.2, 0.25) is 0 Å². The average Bonchev–Trinajstić information content (AvgIpc) is 2.79. The predicted molar refractivity (Wildman–Crippen MR) is 84.5 cm³/mol. The largest absolute Gasteiger partial charge is 0.369 e. The molecule has 0 bridgehead atoms. The van der Waals surface area contributed by atoms with Gasteiger partial charge in [0.25, 0.3) is 0 Å². The fourth-order valence-electron chi connectivity index (χ4n) is 2.66. The van der Waals surface area contributed by atoms with Gasteiger partial charge in [-0.15, -0.1) is 0 Å². The van der Waals surface area contributed by atoms with Crippen LogP contribution in [0.5, 0.6) is 0 Å². The van der Waals surface area contributed by atoms with Crippen LogP contribution in [0.1, 0.15) is 39.3 Å². The van der Waals surface area contributed by atoms with Crippen molar-refractivity contribution in [2.24, 2.45) is 11.7 Å². The lowest BCUT2D eigenvalue weighted by atomic mass is 9.96. The first kappa shape index (κ1) is 16.3. The van der Waals surface area contributed by atoms with Gasteiger partial charge in [-0.25, -0.2) is 9.48 Å². The maximum atomic E-state index is 12.4. The molecule has 0 atom stereocenters. The molecule has 1 fully saturated rings. The van der Waals surface area contributed by atoms with E-state index in [-0.39, 0.29) is 23.4 Å². The molecule has 7 heteroatoms. The zero-order valence-electron chi connectivity index (χ0n) is 13.7. The van der Waals surface area contributed by atoms with Crippen molar-refractivity contribution >= 4 is 17.8 Å². The highest BCUT2D eigenvalue weighted by Gasteiger charge is 2.27. The third kappa shape index (κ3) is 3.58. The fraction of sp³-hybridized carbons (Fsp3) is 0.667. The molecule has 0 aliphatic carbocycles. The molecule has 0 radical (unpaired) electrons. The van der Waals surface area contributed by atoms with Crippen LogP contribution >= 0.6 is 0 Å². The summed E-state index contributed by atoms with van der Waals surface area (Å²) in [5, 5.41) is 7.36. The number of likely N-dealkylation sites (tertiary alicyclic amines) is 1. The Morgan fingerprint density at radius 1 is 1.32 bits per heavy atom. The van der Waals surface area contributed by atoms with Gasteiger partial charge in [-0.05, 0) is 40.5 Å². The zero-order valence-corrected chi connectivity index (χ0v) is 13.7. The molecule has 1 aromatic rings. The van der Waals surface area contributed by atoms with Gasteiger partial charge >= 0.3 is 6.03 Å². The molecule has 0 saturated carbocycles. The van der Waals surface area contributed by atoms with Gasteiger partial charge < -0.3 is 10.6 Å². The molecule has 1 aromatic heterocycles. The minimum atomic E-state index is -0.276. The van der Waals surface area contributed by atoms with E-state index in [2.05, 4.69) is 10.4 Å². The van der Waals surface area contributed by atoms with Crippen LogP contribution in [-0.4, -0.2) is 39.7 Å². The number of aromatic nitrogens is 2. The van der Waals surface area contributed by atoms with E-state index in [0.29, 0.717) is 31.7 Å². The Kier molecular flexibility index (Phi) is 4.44. The topological polar surface area (TPSA) is 93.3 Å². The quantitative estimate of drug-likeness (QED) is 0.870. The standard InChI is InChI=1S/C15H25N5O2/c1-10-9-12(20(18-10)15(2,3)4)17-14(22)19-7-5-11(6-8-19)13(16)21/h9,11H,5-8H2,1-4H3,(H2,16,21)(H,17,22). The Morgan fingerprint density at radius 3 is 2.41 bits per heavy atom. The second-order valence-electron chi connectivity index (χ2n) is 6.85. The van der Waals surface area contributed by atoms with Crippen LogP contribution in [0.15, 0.2) is 6.07 Å². The molecule has 7 nitrogen and oxygen atoms in total. The average molecular weight is 307 g/mol. The van der Waals surface area contributed by atoms with Gasteiger partial charge in [-0.2, -0.15) is 5.10 Å². The van der Waals surface area contributed by atoms with Gasteiger partial charge in [-0.1, -0.05) is 0 Å². The van der Waals surface area contributed by atoms with Crippen molar-refractivity contribution in [3.05, 3.63) is 11.8 Å². The number of nitrogens with zero attached hydrogens (tertiary/aromatic N) is 3. The highest BCUT2D eigenvalue weighted by atomic mass is 16.2. The number of primary amides is 1. The lowest BCUT2D eigenvalue weighted by Gasteiger charge is -2.31. The number of anilines is 1. The number of hydrogen-bond acceptors (Lipinski definition) is 3. The zero-order chi connectivity index (χ0) is 16.5. The van der Waals surface area contributed by atoms with Crippen molar-refractivity contribution in [1.29, 1.82) is 0 Å². The van der Waals surface area contributed by atoms with Crippen LogP contribution in [0.3, 0.4) is 0 Å². The van der Waals surface area contributed by atoms with Gasteiger partial charge in [-0.3, -0.25) is 10.1 Å². The molecule has 3 N–H and O–H groups in total. The highest BCUT2D eigenvalue weighted by Crippen LogP contribution is 2.22. The fourth-order valence-corrected chi connectivity index (χ4v) is 2.66. The first-order chi connectivity index (χ1) is 10.2. The minimum Gasteiger partial charge on any atom is -0.369 e. The number of hydrogen-bond donors (Lipinski definition) is 2. The summed E-state index contributed by atoms with van der Waals surface area (Å²) in [5.74, 6) is 0.292. The van der Waals surface area contributed by atoms with Gasteiger partial charge in [0, 0.05) is 25.1 Å². The Hall–Kier alpha value is -2.05. The Labute approximate surface area is 130 Å². The third-order valence-corrected chi connectivity index (χ3v) is 3.89. The van der Waals surface area contributed by atoms with Crippen molar-refractivity contribution in [2.45, 2.75) is 46.1 Å². The number of piperidine rings is 1. The summed E-state index contributed by atoms with van der Waals surface area (Å²) < 4.78 is 1.82. The van der Waals surface area contributed by atoms with E-state index in [1.807, 2.05) is 38.4 Å². The number of rotatable bonds is 2. The van der Waals surface area contributed by atoms with Crippen LogP contribution in [0.4, 0.5) is 10.6 Å². The summed E-state index contributed by atoms with van der Waals surface area (Å²) in [6, 6.07) is 1.70. The van der Waals surface area contributed by atoms with Crippen molar-refractivity contribution in [3.8, 4) is 0 Å². The molecular formula is C15H25N5O2. The maximum Gasteiger partial charge on any atom is 0.323 e. The number of carbonyl (C=O) groups is 2. The smallest absolute Gasteiger partial charge is 0.323 e. The number of urea groups is 1. The second kappa shape index (κ2) is 5.98. The number of nitrogens with two attached hydrogens (primary N) is 1. The Morgan fingerprint density at radius 2 is 1.91 bits per heavy atom. The third-order valence-electron chi connectivity index (χ3n) is 3.89. The molecule has 0 unspecified atom stereocenters. The van der Waals surface area contributed by atoms with E-state index < -0.39 is 0 Å². The molecule has 2 heterocycles. The molecule has 1 aliphatic heterocycles. The Bertz CT molecular complexity index is 565. The van der Waals surface area contributed by atoms with Gasteiger partial charge in [0.05, 0.1) is 11.2 Å². The SMILES string of the molecule is Cc1cc(NC(=O)N2CCC(C(N)=O)CC2)n(C(C)(C)C)n1. The monoisotopic (exact) mass is 307 g/mol. The van der Waals surface area contributed by atoms with E-state index in [1.54, 1.807) is 4.90 Å². The summed E-state index contributed by atoms with van der Waals surface area (Å²) in [6.45, 7) is 9.09. The van der Waals surface area contributed by atoms with Crippen LogP contribution in [0, 0.1) is 12.8 Å². The van der Waals surface area contributed by atoms with Gasteiger partial charge in [0.2, 0.25) is 5.91 Å². The van der Waals surface area contributed by atoms with Gasteiger partial charge in [0.15, 0.2) is 0 Å². The van der Waals surface area contributed by atoms with E-state index in [0.717, 1.165) is 5.69 Å². The molecule has 0 aromatic carbocycles. The molecule has 3 amide bonds. The number of aryl methyl sites for hydroxylation is 1. The van der Waals surface area contributed by atoms with E-state index in [9.17, 15) is 9.59 Å². The molecule has 1 saturated heterocycles. The molecular weight excluding hydrogens is 282 g/mol. The van der Waals surface area contributed by atoms with E-state index in [1.165, 1.54) is 0 Å². The van der Waals surface area contributed by atoms with Crippen LogP contribution in [-0.2, 0) is 10.3 Å². The Balaban J connectivity index is 2.03. The van der Waals surface area contributed by atoms with E-state index >= 15 is 0 Å². The van der Waals surface area contributed by atoms with Gasteiger partial charge in [0.1, 0.15) is 5.82 Å². The molecule has 1 aliphatic rings. The van der Waals surface area contributed by atoms with Crippen molar-refractivity contribution in [1.82, 2.24) is 14.7 Å². The van der Waals surface area contributed by atoms with Crippen LogP contribution in [0.25, 0.3) is 0 Å². The van der Waals surface area contributed by atoms with Crippen molar-refractivity contribution in [2.75, 3.05) is 18.4 Å². The lowest BCUT2D eigenvalue weighted by molar-refractivity contribution is -0.122. The number of nitrogens with one attached hydrogen (secondary N) is 1. The summed E-state index contributed by atoms with van der Waals surface area (Å²) in [4.78, 5) is 25.3. The summed E-state index contributed by atoms with van der Waals surface area (Å²) >= 11 is 0. The normalized spacial score (nSPS) is 16.6. The van der Waals surface area contributed by atoms with Crippen molar-refractivity contribution < 1.29 is 9.59 Å². The predicted octanol–water partition coefficient (Wildman–Crippen LogP) is 1.68. The summed E-state index contributed by atoms with van der Waals surface area (Å²) in [5.41, 5.74) is 5.96. The van der Waals surface area contributed by atoms with E-state index in [4.69, 9.17) is 5.73 Å². The first-order valence-electron chi connectivity index (χ1n) is 7.61. The highest BCUT2D eigenvalue weighted by molar-refractivity contribution is 5.88. The lowest BCUT2D eigenvalue weighted by Crippen LogP contribution is -2.44. The number of carbonyl (C=O) groups excluding carboxylic acids is 2. The number of amides is 3. The summed E-state index contributed by atoms with van der Waals surface area (Å²) in [7, 11) is 0. The second-order valence-corrected chi connectivity index (χ2v) is 6.85. The molecule has 0 spiro atoms. The first-order valence-corrected chi connectivity index (χ1v) is 7.61. The van der Waals surface area contributed by atoms with Crippen molar-refractivity contribution in [3.63, 3.8) is 0 Å². The summed E-state index contributed by atoms with van der Waals surface area (Å²) in [6.07, 6.45) is 1.25. The molecule has 22 heavy (non-hydrogen) atoms. The molecule has 122 valence electrons. The molecule has 2 rings (SSSR count). The minimum absolute atomic E-state index is 0.119. The van der Waals surface area contributed by atoms with Crippen LogP contribution < -0.4 is 11.1 Å². The maximum absolute atomic E-state index is 12.4.